The number of carbonyl (C=O) groups is 1. The Kier molecular flexibility index (Phi) is 4.55. The number of nitrogens with one attached hydrogen (secondary N) is 2. The minimum Gasteiger partial charge on any atom is -0.508 e. The molecular formula is C16H16N2O2S. The van der Waals surface area contributed by atoms with Crippen molar-refractivity contribution in [3.8, 4) is 5.75 Å². The smallest absolute Gasteiger partial charge is 0.175 e. The number of aryl methyl sites for hydroxylation is 1. The standard InChI is InChI=1S/C16H16N2O2S/c1-10-9-14(20)7-8-15(10)18-16(21)17-13-5-3-12(4-6-13)11(2)19/h3-9,20H,1-2H3,(H2,17,18,21). The number of thiocarbonyl (C=S) groups is 1. The van der Waals surface area contributed by atoms with E-state index < -0.39 is 0 Å². The first kappa shape index (κ1) is 15.0. The number of phenols is 1. The van der Waals surface area contributed by atoms with Gasteiger partial charge in [0, 0.05) is 16.9 Å². The first-order valence-corrected chi connectivity index (χ1v) is 6.85. The summed E-state index contributed by atoms with van der Waals surface area (Å²) in [5.74, 6) is 0.249. The van der Waals surface area contributed by atoms with Crippen molar-refractivity contribution in [1.29, 1.82) is 0 Å². The summed E-state index contributed by atoms with van der Waals surface area (Å²) in [5.41, 5.74) is 3.18. The van der Waals surface area contributed by atoms with Crippen molar-refractivity contribution in [3.05, 3.63) is 53.6 Å². The molecule has 0 aliphatic rings. The molecule has 2 aromatic carbocycles. The molecule has 0 saturated heterocycles. The zero-order chi connectivity index (χ0) is 15.4. The van der Waals surface area contributed by atoms with Gasteiger partial charge in [0.2, 0.25) is 0 Å². The number of carbonyl (C=O) groups excluding carboxylic acids is 1. The minimum atomic E-state index is 0.0296. The first-order chi connectivity index (χ1) is 9.95. The summed E-state index contributed by atoms with van der Waals surface area (Å²) >= 11 is 5.24. The molecule has 0 amide bonds. The van der Waals surface area contributed by atoms with Crippen molar-refractivity contribution in [2.75, 3.05) is 10.6 Å². The van der Waals surface area contributed by atoms with Crippen LogP contribution < -0.4 is 10.6 Å². The van der Waals surface area contributed by atoms with Crippen molar-refractivity contribution in [2.45, 2.75) is 13.8 Å². The van der Waals surface area contributed by atoms with E-state index in [1.54, 1.807) is 42.5 Å². The van der Waals surface area contributed by atoms with Crippen LogP contribution in [-0.2, 0) is 0 Å². The summed E-state index contributed by atoms with van der Waals surface area (Å²) < 4.78 is 0. The maximum Gasteiger partial charge on any atom is 0.175 e. The third-order valence-corrected chi connectivity index (χ3v) is 3.21. The van der Waals surface area contributed by atoms with Crippen LogP contribution in [0.25, 0.3) is 0 Å². The molecule has 108 valence electrons. The number of hydrogen-bond acceptors (Lipinski definition) is 3. The molecule has 0 aromatic heterocycles. The maximum atomic E-state index is 11.2. The highest BCUT2D eigenvalue weighted by atomic mass is 32.1. The summed E-state index contributed by atoms with van der Waals surface area (Å²) in [6, 6.07) is 12.1. The average molecular weight is 300 g/mol. The van der Waals surface area contributed by atoms with Crippen LogP contribution in [0.3, 0.4) is 0 Å². The van der Waals surface area contributed by atoms with E-state index in [1.165, 1.54) is 6.92 Å². The Morgan fingerprint density at radius 2 is 1.76 bits per heavy atom. The van der Waals surface area contributed by atoms with E-state index in [1.807, 2.05) is 6.92 Å². The molecule has 0 spiro atoms. The van der Waals surface area contributed by atoms with Gasteiger partial charge in [-0.1, -0.05) is 0 Å². The third kappa shape index (κ3) is 4.03. The lowest BCUT2D eigenvalue weighted by molar-refractivity contribution is 0.101. The lowest BCUT2D eigenvalue weighted by Crippen LogP contribution is -2.19. The van der Waals surface area contributed by atoms with Crippen molar-refractivity contribution < 1.29 is 9.90 Å². The lowest BCUT2D eigenvalue weighted by Gasteiger charge is -2.13. The zero-order valence-electron chi connectivity index (χ0n) is 11.8. The molecule has 4 nitrogen and oxygen atoms in total. The van der Waals surface area contributed by atoms with Gasteiger partial charge >= 0.3 is 0 Å². The van der Waals surface area contributed by atoms with E-state index >= 15 is 0 Å². The van der Waals surface area contributed by atoms with Gasteiger partial charge in [-0.25, -0.2) is 0 Å². The number of anilines is 2. The second kappa shape index (κ2) is 6.37. The van der Waals surface area contributed by atoms with E-state index in [9.17, 15) is 9.90 Å². The minimum absolute atomic E-state index is 0.0296. The second-order valence-corrected chi connectivity index (χ2v) is 5.12. The normalized spacial score (nSPS) is 10.0. The Morgan fingerprint density at radius 1 is 1.10 bits per heavy atom. The molecule has 2 rings (SSSR count). The Hall–Kier alpha value is -2.40. The molecule has 0 atom stereocenters. The second-order valence-electron chi connectivity index (χ2n) is 4.71. The molecule has 0 bridgehead atoms. The molecule has 0 heterocycles. The molecule has 0 aliphatic heterocycles. The van der Waals surface area contributed by atoms with Gasteiger partial charge in [-0.3, -0.25) is 4.79 Å². The fraction of sp³-hybridized carbons (Fsp3) is 0.125. The van der Waals surface area contributed by atoms with Gasteiger partial charge in [-0.2, -0.15) is 0 Å². The van der Waals surface area contributed by atoms with Gasteiger partial charge < -0.3 is 15.7 Å². The van der Waals surface area contributed by atoms with Crippen LogP contribution in [0.1, 0.15) is 22.8 Å². The summed E-state index contributed by atoms with van der Waals surface area (Å²) in [6.07, 6.45) is 0. The number of Topliss-reactive ketones (excluding diaryl/α,β-unsaturated/α-hetero) is 1. The van der Waals surface area contributed by atoms with E-state index in [2.05, 4.69) is 10.6 Å². The number of hydrogen-bond donors (Lipinski definition) is 3. The van der Waals surface area contributed by atoms with E-state index in [-0.39, 0.29) is 11.5 Å². The Morgan fingerprint density at radius 3 is 2.33 bits per heavy atom. The highest BCUT2D eigenvalue weighted by molar-refractivity contribution is 7.80. The molecule has 0 radical (unpaired) electrons. The molecule has 0 saturated carbocycles. The van der Waals surface area contributed by atoms with Gasteiger partial charge in [-0.15, -0.1) is 0 Å². The lowest BCUT2D eigenvalue weighted by atomic mass is 10.1. The van der Waals surface area contributed by atoms with Crippen LogP contribution in [0.15, 0.2) is 42.5 Å². The fourth-order valence-corrected chi connectivity index (χ4v) is 2.09. The van der Waals surface area contributed by atoms with Crippen molar-refractivity contribution in [1.82, 2.24) is 0 Å². The van der Waals surface area contributed by atoms with Crippen LogP contribution >= 0.6 is 12.2 Å². The quantitative estimate of drug-likeness (QED) is 0.458. The van der Waals surface area contributed by atoms with Crippen LogP contribution in [0, 0.1) is 6.92 Å². The number of aromatic hydroxyl groups is 1. The Bertz CT molecular complexity index is 681. The van der Waals surface area contributed by atoms with Crippen LogP contribution in [0.2, 0.25) is 0 Å². The van der Waals surface area contributed by atoms with Gasteiger partial charge in [0.25, 0.3) is 0 Å². The maximum absolute atomic E-state index is 11.2. The SMILES string of the molecule is CC(=O)c1ccc(NC(=S)Nc2ccc(O)cc2C)cc1. The van der Waals surface area contributed by atoms with Crippen molar-refractivity contribution in [2.24, 2.45) is 0 Å². The predicted octanol–water partition coefficient (Wildman–Crippen LogP) is 3.71. The molecule has 21 heavy (non-hydrogen) atoms. The van der Waals surface area contributed by atoms with E-state index in [0.717, 1.165) is 16.9 Å². The number of phenolic OH excluding ortho intramolecular Hbond substituents is 1. The predicted molar refractivity (Wildman–Crippen MR) is 89.1 cm³/mol. The molecule has 2 aromatic rings. The summed E-state index contributed by atoms with van der Waals surface area (Å²) in [7, 11) is 0. The molecule has 0 fully saturated rings. The van der Waals surface area contributed by atoms with Crippen LogP contribution in [0.4, 0.5) is 11.4 Å². The topological polar surface area (TPSA) is 61.4 Å². The van der Waals surface area contributed by atoms with E-state index in [4.69, 9.17) is 12.2 Å². The average Bonchev–Trinajstić information content (AvgIpc) is 2.42. The van der Waals surface area contributed by atoms with Crippen LogP contribution in [0.5, 0.6) is 5.75 Å². The third-order valence-electron chi connectivity index (χ3n) is 3.01. The molecule has 5 heteroatoms. The number of ketones is 1. The number of rotatable bonds is 3. The van der Waals surface area contributed by atoms with Gasteiger partial charge in [0.05, 0.1) is 0 Å². The molecule has 0 unspecified atom stereocenters. The highest BCUT2D eigenvalue weighted by Gasteiger charge is 2.04. The summed E-state index contributed by atoms with van der Waals surface area (Å²) in [5, 5.41) is 15.9. The summed E-state index contributed by atoms with van der Waals surface area (Å²) in [6.45, 7) is 3.41. The summed E-state index contributed by atoms with van der Waals surface area (Å²) in [4.78, 5) is 11.2. The van der Waals surface area contributed by atoms with Gasteiger partial charge in [0.1, 0.15) is 5.75 Å². The van der Waals surface area contributed by atoms with Gasteiger partial charge in [0.15, 0.2) is 10.9 Å². The van der Waals surface area contributed by atoms with Gasteiger partial charge in [-0.05, 0) is 74.1 Å². The van der Waals surface area contributed by atoms with Crippen LogP contribution in [-0.4, -0.2) is 16.0 Å². The molecular weight excluding hydrogens is 284 g/mol. The molecule has 0 aliphatic carbocycles. The monoisotopic (exact) mass is 300 g/mol. The zero-order valence-corrected chi connectivity index (χ0v) is 12.6. The Balaban J connectivity index is 2.02. The highest BCUT2D eigenvalue weighted by Crippen LogP contribution is 2.20. The number of benzene rings is 2. The molecule has 3 N–H and O–H groups in total. The van der Waals surface area contributed by atoms with Crippen molar-refractivity contribution in [3.63, 3.8) is 0 Å². The fourth-order valence-electron chi connectivity index (χ4n) is 1.86. The van der Waals surface area contributed by atoms with Crippen molar-refractivity contribution >= 4 is 34.5 Å². The Labute approximate surface area is 128 Å². The van der Waals surface area contributed by atoms with E-state index in [0.29, 0.717) is 10.7 Å². The first-order valence-electron chi connectivity index (χ1n) is 6.44. The largest absolute Gasteiger partial charge is 0.508 e.